The SMILES string of the molecule is COc1ccc(/C(=C2/N=C(C)C=C2C)c2[nH]c(C)cc2C)cc1. The first-order valence-corrected chi connectivity index (χ1v) is 7.79. The van der Waals surface area contributed by atoms with Crippen molar-refractivity contribution in [2.45, 2.75) is 27.7 Å². The summed E-state index contributed by atoms with van der Waals surface area (Å²) in [7, 11) is 1.68. The summed E-state index contributed by atoms with van der Waals surface area (Å²) in [5, 5.41) is 0. The summed E-state index contributed by atoms with van der Waals surface area (Å²) < 4.78 is 5.28. The molecule has 118 valence electrons. The predicted octanol–water partition coefficient (Wildman–Crippen LogP) is 4.82. The molecule has 0 amide bonds. The average Bonchev–Trinajstić information content (AvgIpc) is 3.02. The van der Waals surface area contributed by atoms with E-state index in [0.29, 0.717) is 0 Å². The molecule has 2 heterocycles. The van der Waals surface area contributed by atoms with Gasteiger partial charge in [-0.25, -0.2) is 0 Å². The maximum Gasteiger partial charge on any atom is 0.118 e. The summed E-state index contributed by atoms with van der Waals surface area (Å²) in [4.78, 5) is 8.27. The summed E-state index contributed by atoms with van der Waals surface area (Å²) in [5.41, 5.74) is 9.08. The number of aromatic amines is 1. The van der Waals surface area contributed by atoms with E-state index < -0.39 is 0 Å². The Balaban J connectivity index is 2.25. The Morgan fingerprint density at radius 3 is 2.22 bits per heavy atom. The van der Waals surface area contributed by atoms with Crippen LogP contribution in [0.25, 0.3) is 5.57 Å². The van der Waals surface area contributed by atoms with Crippen molar-refractivity contribution in [2.24, 2.45) is 4.99 Å². The Labute approximate surface area is 137 Å². The molecule has 0 atom stereocenters. The molecule has 23 heavy (non-hydrogen) atoms. The second-order valence-corrected chi connectivity index (χ2v) is 6.04. The molecule has 1 aliphatic heterocycles. The third-order valence-corrected chi connectivity index (χ3v) is 4.10. The summed E-state index contributed by atoms with van der Waals surface area (Å²) in [6.45, 7) is 8.37. The van der Waals surface area contributed by atoms with Crippen molar-refractivity contribution in [3.63, 3.8) is 0 Å². The molecule has 0 unspecified atom stereocenters. The van der Waals surface area contributed by atoms with Crippen LogP contribution in [0, 0.1) is 13.8 Å². The molecule has 0 aliphatic carbocycles. The van der Waals surface area contributed by atoms with E-state index >= 15 is 0 Å². The van der Waals surface area contributed by atoms with Crippen LogP contribution in [0.5, 0.6) is 5.75 Å². The molecule has 1 aromatic carbocycles. The second-order valence-electron chi connectivity index (χ2n) is 6.04. The minimum Gasteiger partial charge on any atom is -0.497 e. The quantitative estimate of drug-likeness (QED) is 0.867. The van der Waals surface area contributed by atoms with Crippen molar-refractivity contribution in [1.29, 1.82) is 0 Å². The van der Waals surface area contributed by atoms with Crippen molar-refractivity contribution in [3.05, 3.63) is 70.2 Å². The first-order valence-electron chi connectivity index (χ1n) is 7.79. The van der Waals surface area contributed by atoms with Gasteiger partial charge in [0.1, 0.15) is 5.75 Å². The van der Waals surface area contributed by atoms with Crippen LogP contribution in [-0.2, 0) is 0 Å². The van der Waals surface area contributed by atoms with Gasteiger partial charge in [0, 0.05) is 17.0 Å². The van der Waals surface area contributed by atoms with Gasteiger partial charge >= 0.3 is 0 Å². The number of hydrogen-bond donors (Lipinski definition) is 1. The number of hydrogen-bond acceptors (Lipinski definition) is 2. The van der Waals surface area contributed by atoms with Gasteiger partial charge in [-0.1, -0.05) is 12.1 Å². The lowest BCUT2D eigenvalue weighted by atomic mass is 9.96. The fraction of sp³-hybridized carbons (Fsp3) is 0.250. The van der Waals surface area contributed by atoms with Crippen molar-refractivity contribution < 1.29 is 4.74 Å². The number of aryl methyl sites for hydroxylation is 2. The lowest BCUT2D eigenvalue weighted by Crippen LogP contribution is -1.96. The third kappa shape index (κ3) is 2.87. The summed E-state index contributed by atoms with van der Waals surface area (Å²) in [6.07, 6.45) is 2.13. The van der Waals surface area contributed by atoms with Crippen molar-refractivity contribution >= 4 is 11.3 Å². The molecule has 0 fully saturated rings. The molecule has 1 aromatic heterocycles. The summed E-state index contributed by atoms with van der Waals surface area (Å²) in [5.74, 6) is 0.857. The van der Waals surface area contributed by atoms with E-state index in [0.717, 1.165) is 39.7 Å². The molecule has 1 aliphatic rings. The van der Waals surface area contributed by atoms with Gasteiger partial charge in [0.25, 0.3) is 0 Å². The molecule has 1 N–H and O–H groups in total. The maximum atomic E-state index is 5.28. The van der Waals surface area contributed by atoms with E-state index in [1.165, 1.54) is 11.1 Å². The van der Waals surface area contributed by atoms with Crippen LogP contribution in [0.2, 0.25) is 0 Å². The smallest absolute Gasteiger partial charge is 0.118 e. The molecular formula is C20H22N2O. The number of methoxy groups -OCH3 is 1. The van der Waals surface area contributed by atoms with Gasteiger partial charge in [-0.15, -0.1) is 0 Å². The van der Waals surface area contributed by atoms with Gasteiger partial charge in [0.2, 0.25) is 0 Å². The van der Waals surface area contributed by atoms with E-state index in [9.17, 15) is 0 Å². The van der Waals surface area contributed by atoms with Crippen molar-refractivity contribution in [2.75, 3.05) is 7.11 Å². The van der Waals surface area contributed by atoms with E-state index in [-0.39, 0.29) is 0 Å². The minimum absolute atomic E-state index is 0.857. The molecule has 3 rings (SSSR count). The zero-order valence-corrected chi connectivity index (χ0v) is 14.3. The molecule has 0 spiro atoms. The number of nitrogens with one attached hydrogen (secondary N) is 1. The van der Waals surface area contributed by atoms with E-state index in [2.05, 4.69) is 50.0 Å². The monoisotopic (exact) mass is 306 g/mol. The number of benzene rings is 1. The zero-order valence-electron chi connectivity index (χ0n) is 14.3. The fourth-order valence-corrected chi connectivity index (χ4v) is 3.08. The molecule has 3 heteroatoms. The van der Waals surface area contributed by atoms with Crippen LogP contribution in [0.4, 0.5) is 0 Å². The highest BCUT2D eigenvalue weighted by molar-refractivity contribution is 6.01. The highest BCUT2D eigenvalue weighted by Crippen LogP contribution is 2.35. The molecule has 0 radical (unpaired) electrons. The first-order chi connectivity index (χ1) is 11.0. The van der Waals surface area contributed by atoms with Crippen LogP contribution >= 0.6 is 0 Å². The van der Waals surface area contributed by atoms with Crippen molar-refractivity contribution in [1.82, 2.24) is 4.98 Å². The van der Waals surface area contributed by atoms with Gasteiger partial charge in [0.15, 0.2) is 0 Å². The Morgan fingerprint density at radius 1 is 1.04 bits per heavy atom. The van der Waals surface area contributed by atoms with E-state index in [1.54, 1.807) is 7.11 Å². The molecule has 0 bridgehead atoms. The second kappa shape index (κ2) is 5.92. The van der Waals surface area contributed by atoms with Gasteiger partial charge in [-0.05, 0) is 68.7 Å². The van der Waals surface area contributed by atoms with Gasteiger partial charge in [-0.2, -0.15) is 0 Å². The van der Waals surface area contributed by atoms with Crippen LogP contribution in [0.1, 0.15) is 36.4 Å². The van der Waals surface area contributed by atoms with Crippen LogP contribution in [0.3, 0.4) is 0 Å². The molecule has 3 nitrogen and oxygen atoms in total. The lowest BCUT2D eigenvalue weighted by molar-refractivity contribution is 0.415. The number of rotatable bonds is 3. The van der Waals surface area contributed by atoms with Crippen molar-refractivity contribution in [3.8, 4) is 5.75 Å². The maximum absolute atomic E-state index is 5.28. The van der Waals surface area contributed by atoms with E-state index in [4.69, 9.17) is 9.73 Å². The Morgan fingerprint density at radius 2 is 1.74 bits per heavy atom. The third-order valence-electron chi connectivity index (χ3n) is 4.10. The number of ether oxygens (including phenoxy) is 1. The standard InChI is InChI=1S/C20H22N2O/c1-12-10-14(3)21-19(12)18(20-13(2)11-15(4)22-20)16-6-8-17(23-5)9-7-16/h6-11,21H,1-5H3/b20-18-. The molecule has 2 aromatic rings. The first kappa shape index (κ1) is 15.3. The molecular weight excluding hydrogens is 284 g/mol. The van der Waals surface area contributed by atoms with Crippen LogP contribution < -0.4 is 4.74 Å². The Bertz CT molecular complexity index is 833. The highest BCUT2D eigenvalue weighted by atomic mass is 16.5. The number of aromatic nitrogens is 1. The number of nitrogens with zero attached hydrogens (tertiary/aromatic N) is 1. The summed E-state index contributed by atoms with van der Waals surface area (Å²) >= 11 is 0. The molecule has 0 saturated carbocycles. The van der Waals surface area contributed by atoms with Gasteiger partial charge in [0.05, 0.1) is 18.5 Å². The number of aliphatic imine (C=N–C) groups is 1. The number of allylic oxidation sites excluding steroid dienone is 2. The minimum atomic E-state index is 0.857. The molecule has 0 saturated heterocycles. The van der Waals surface area contributed by atoms with Gasteiger partial charge in [-0.3, -0.25) is 4.99 Å². The normalized spacial score (nSPS) is 16.2. The van der Waals surface area contributed by atoms with E-state index in [1.807, 2.05) is 19.1 Å². The summed E-state index contributed by atoms with van der Waals surface area (Å²) in [6, 6.07) is 10.3. The van der Waals surface area contributed by atoms with Crippen LogP contribution in [0.15, 0.2) is 52.7 Å². The lowest BCUT2D eigenvalue weighted by Gasteiger charge is -2.12. The topological polar surface area (TPSA) is 37.4 Å². The fourth-order valence-electron chi connectivity index (χ4n) is 3.08. The average molecular weight is 306 g/mol. The largest absolute Gasteiger partial charge is 0.497 e. The predicted molar refractivity (Wildman–Crippen MR) is 96.1 cm³/mol. The Kier molecular flexibility index (Phi) is 3.95. The van der Waals surface area contributed by atoms with Crippen LogP contribution in [-0.4, -0.2) is 17.8 Å². The zero-order chi connectivity index (χ0) is 16.6. The highest BCUT2D eigenvalue weighted by Gasteiger charge is 2.19. The van der Waals surface area contributed by atoms with Gasteiger partial charge < -0.3 is 9.72 Å². The number of H-pyrrole nitrogens is 1. The Hall–Kier alpha value is -2.55.